The maximum absolute atomic E-state index is 7.56. The van der Waals surface area contributed by atoms with Crippen LogP contribution in [0.4, 0.5) is 0 Å². The molecule has 5 nitrogen and oxygen atoms in total. The van der Waals surface area contributed by atoms with E-state index >= 15 is 0 Å². The van der Waals surface area contributed by atoms with Gasteiger partial charge in [0, 0.05) is 11.9 Å². The predicted octanol–water partition coefficient (Wildman–Crippen LogP) is 2.17. The van der Waals surface area contributed by atoms with Crippen LogP contribution in [-0.2, 0) is 0 Å². The van der Waals surface area contributed by atoms with E-state index < -0.39 is 0 Å². The van der Waals surface area contributed by atoms with Gasteiger partial charge in [0.2, 0.25) is 5.88 Å². The van der Waals surface area contributed by atoms with Crippen LogP contribution in [0.2, 0.25) is 0 Å². The molecule has 0 bridgehead atoms. The Kier molecular flexibility index (Phi) is 3.23. The lowest BCUT2D eigenvalue weighted by Gasteiger charge is -2.10. The van der Waals surface area contributed by atoms with Gasteiger partial charge in [0.15, 0.2) is 0 Å². The van der Waals surface area contributed by atoms with Crippen LogP contribution < -0.4 is 10.5 Å². The minimum atomic E-state index is -0.0596. The van der Waals surface area contributed by atoms with Gasteiger partial charge in [0.25, 0.3) is 0 Å². The van der Waals surface area contributed by atoms with Gasteiger partial charge in [-0.05, 0) is 37.6 Å². The lowest BCUT2D eigenvalue weighted by Crippen LogP contribution is -2.14. The highest BCUT2D eigenvalue weighted by Crippen LogP contribution is 2.24. The second-order valence-corrected chi connectivity index (χ2v) is 3.96. The van der Waals surface area contributed by atoms with E-state index in [9.17, 15) is 0 Å². The number of nitrogen functional groups attached to an aromatic ring is 1. The molecule has 3 N–H and O–H groups in total. The zero-order valence-corrected chi connectivity index (χ0v) is 10.3. The van der Waals surface area contributed by atoms with E-state index in [1.165, 1.54) is 0 Å². The van der Waals surface area contributed by atoms with Crippen molar-refractivity contribution >= 4 is 5.84 Å². The molecule has 2 aromatic rings. The van der Waals surface area contributed by atoms with Crippen molar-refractivity contribution in [1.82, 2.24) is 9.97 Å². The molecule has 0 amide bonds. The molecule has 0 radical (unpaired) electrons. The van der Waals surface area contributed by atoms with E-state index in [-0.39, 0.29) is 5.84 Å². The molecule has 0 spiro atoms. The lowest BCUT2D eigenvalue weighted by atomic mass is 10.1. The molecule has 5 heteroatoms. The molecule has 0 unspecified atom stereocenters. The first-order valence-electron chi connectivity index (χ1n) is 5.48. The second-order valence-electron chi connectivity index (χ2n) is 3.96. The van der Waals surface area contributed by atoms with E-state index in [4.69, 9.17) is 15.9 Å². The number of aromatic nitrogens is 2. The van der Waals surface area contributed by atoms with E-state index in [1.54, 1.807) is 24.5 Å². The normalized spacial score (nSPS) is 10.1. The first-order valence-corrected chi connectivity index (χ1v) is 5.48. The fraction of sp³-hybridized carbons (Fsp3) is 0.154. The van der Waals surface area contributed by atoms with Gasteiger partial charge in [-0.15, -0.1) is 0 Å². The third kappa shape index (κ3) is 2.45. The van der Waals surface area contributed by atoms with Gasteiger partial charge in [0.1, 0.15) is 11.6 Å². The van der Waals surface area contributed by atoms with Crippen molar-refractivity contribution in [1.29, 1.82) is 5.41 Å². The number of amidine groups is 1. The quantitative estimate of drug-likeness (QED) is 0.638. The maximum Gasteiger partial charge on any atom is 0.230 e. The van der Waals surface area contributed by atoms with E-state index in [0.717, 1.165) is 11.3 Å². The standard InChI is InChI=1S/C13H14N4O/c1-8-5-6-16-13(11(8)12(14)15)18-10-4-3-9(2)17-7-10/h3-7H,1-2H3,(H3,14,15). The van der Waals surface area contributed by atoms with Gasteiger partial charge in [-0.1, -0.05) is 0 Å². The zero-order chi connectivity index (χ0) is 13.1. The van der Waals surface area contributed by atoms with Crippen LogP contribution >= 0.6 is 0 Å². The summed E-state index contributed by atoms with van der Waals surface area (Å²) >= 11 is 0. The van der Waals surface area contributed by atoms with Crippen LogP contribution in [0.1, 0.15) is 16.8 Å². The zero-order valence-electron chi connectivity index (χ0n) is 10.3. The fourth-order valence-corrected chi connectivity index (χ4v) is 1.56. The number of nitrogens with zero attached hydrogens (tertiary/aromatic N) is 2. The Morgan fingerprint density at radius 2 is 2.00 bits per heavy atom. The number of rotatable bonds is 3. The molecule has 2 rings (SSSR count). The Morgan fingerprint density at radius 3 is 2.61 bits per heavy atom. The van der Waals surface area contributed by atoms with Crippen molar-refractivity contribution in [2.24, 2.45) is 5.73 Å². The van der Waals surface area contributed by atoms with Crippen molar-refractivity contribution < 1.29 is 4.74 Å². The summed E-state index contributed by atoms with van der Waals surface area (Å²) in [6, 6.07) is 5.44. The maximum atomic E-state index is 7.56. The Labute approximate surface area is 105 Å². The van der Waals surface area contributed by atoms with Gasteiger partial charge in [-0.25, -0.2) is 4.98 Å². The number of pyridine rings is 2. The first kappa shape index (κ1) is 12.0. The summed E-state index contributed by atoms with van der Waals surface area (Å²) in [5.74, 6) is 0.838. The molecule has 0 aliphatic heterocycles. The van der Waals surface area contributed by atoms with Crippen molar-refractivity contribution in [2.75, 3.05) is 0 Å². The highest BCUT2D eigenvalue weighted by molar-refractivity contribution is 5.98. The molecule has 0 fully saturated rings. The molecular weight excluding hydrogens is 228 g/mol. The van der Waals surface area contributed by atoms with Crippen molar-refractivity contribution in [3.63, 3.8) is 0 Å². The van der Waals surface area contributed by atoms with Gasteiger partial charge < -0.3 is 10.5 Å². The molecule has 92 valence electrons. The number of ether oxygens (including phenoxy) is 1. The molecular formula is C13H14N4O. The van der Waals surface area contributed by atoms with Gasteiger partial charge in [0.05, 0.1) is 11.8 Å². The lowest BCUT2D eigenvalue weighted by molar-refractivity contribution is 0.459. The van der Waals surface area contributed by atoms with Gasteiger partial charge in [-0.2, -0.15) is 0 Å². The predicted molar refractivity (Wildman–Crippen MR) is 69.0 cm³/mol. The van der Waals surface area contributed by atoms with Crippen LogP contribution in [0, 0.1) is 19.3 Å². The van der Waals surface area contributed by atoms with Crippen molar-refractivity contribution in [2.45, 2.75) is 13.8 Å². The monoisotopic (exact) mass is 242 g/mol. The Bertz CT molecular complexity index is 578. The van der Waals surface area contributed by atoms with E-state index in [1.807, 2.05) is 19.9 Å². The highest BCUT2D eigenvalue weighted by atomic mass is 16.5. The van der Waals surface area contributed by atoms with Crippen LogP contribution in [0.5, 0.6) is 11.6 Å². The summed E-state index contributed by atoms with van der Waals surface area (Å²) in [6.07, 6.45) is 3.24. The second kappa shape index (κ2) is 4.83. The van der Waals surface area contributed by atoms with Crippen molar-refractivity contribution in [3.05, 3.63) is 47.4 Å². The highest BCUT2D eigenvalue weighted by Gasteiger charge is 2.12. The molecule has 18 heavy (non-hydrogen) atoms. The number of aryl methyl sites for hydroxylation is 2. The van der Waals surface area contributed by atoms with Gasteiger partial charge in [-0.3, -0.25) is 10.4 Å². The number of hydrogen-bond donors (Lipinski definition) is 2. The summed E-state index contributed by atoms with van der Waals surface area (Å²) in [4.78, 5) is 8.24. The smallest absolute Gasteiger partial charge is 0.230 e. The fourth-order valence-electron chi connectivity index (χ4n) is 1.56. The van der Waals surface area contributed by atoms with Crippen LogP contribution in [0.15, 0.2) is 30.6 Å². The topological polar surface area (TPSA) is 84.9 Å². The van der Waals surface area contributed by atoms with Crippen LogP contribution in [-0.4, -0.2) is 15.8 Å². The van der Waals surface area contributed by atoms with Crippen molar-refractivity contribution in [3.8, 4) is 11.6 Å². The Hall–Kier alpha value is -2.43. The average Bonchev–Trinajstić information content (AvgIpc) is 2.32. The summed E-state index contributed by atoms with van der Waals surface area (Å²) in [5, 5.41) is 7.56. The summed E-state index contributed by atoms with van der Waals surface area (Å²) in [5.41, 5.74) is 7.82. The molecule has 2 aromatic heterocycles. The molecule has 0 aliphatic carbocycles. The average molecular weight is 242 g/mol. The number of nitrogens with one attached hydrogen (secondary N) is 1. The van der Waals surface area contributed by atoms with Crippen LogP contribution in [0.25, 0.3) is 0 Å². The molecule has 0 aliphatic rings. The van der Waals surface area contributed by atoms with E-state index in [2.05, 4.69) is 9.97 Å². The summed E-state index contributed by atoms with van der Waals surface area (Å²) in [6.45, 7) is 3.76. The van der Waals surface area contributed by atoms with E-state index in [0.29, 0.717) is 17.2 Å². The molecule has 2 heterocycles. The number of nitrogens with two attached hydrogens (primary N) is 1. The first-order chi connectivity index (χ1) is 8.58. The molecule has 0 saturated heterocycles. The van der Waals surface area contributed by atoms with Gasteiger partial charge >= 0.3 is 0 Å². The molecule has 0 saturated carbocycles. The summed E-state index contributed by atoms with van der Waals surface area (Å²) in [7, 11) is 0. The molecule has 0 aromatic carbocycles. The Morgan fingerprint density at radius 1 is 1.22 bits per heavy atom. The summed E-state index contributed by atoms with van der Waals surface area (Å²) < 4.78 is 5.61. The third-order valence-electron chi connectivity index (χ3n) is 2.49. The van der Waals surface area contributed by atoms with Crippen LogP contribution in [0.3, 0.4) is 0 Å². The minimum absolute atomic E-state index is 0.0596. The minimum Gasteiger partial charge on any atom is -0.437 e. The Balaban J connectivity index is 2.37. The molecule has 0 atom stereocenters. The SMILES string of the molecule is Cc1ccc(Oc2nccc(C)c2C(=N)N)cn1. The third-order valence-corrected chi connectivity index (χ3v) is 2.49. The number of hydrogen-bond acceptors (Lipinski definition) is 4. The largest absolute Gasteiger partial charge is 0.437 e.